The second-order valence-electron chi connectivity index (χ2n) is 5.35. The second kappa shape index (κ2) is 6.75. The van der Waals surface area contributed by atoms with Crippen molar-refractivity contribution in [1.29, 1.82) is 0 Å². The lowest BCUT2D eigenvalue weighted by atomic mass is 10.2. The van der Waals surface area contributed by atoms with Crippen LogP contribution in [-0.4, -0.2) is 37.0 Å². The summed E-state index contributed by atoms with van der Waals surface area (Å²) in [5, 5.41) is 0. The monoisotopic (exact) mass is 314 g/mol. The van der Waals surface area contributed by atoms with Gasteiger partial charge in [-0.05, 0) is 25.1 Å². The first-order valence-corrected chi connectivity index (χ1v) is 8.28. The maximum Gasteiger partial charge on any atom is 0.246 e. The first-order chi connectivity index (χ1) is 10.7. The Labute approximate surface area is 134 Å². The summed E-state index contributed by atoms with van der Waals surface area (Å²) < 4.78 is 0. The molecule has 5 heteroatoms. The fraction of sp³-hybridized carbons (Fsp3) is 0.294. The molecule has 0 radical (unpaired) electrons. The average molecular weight is 314 g/mol. The minimum absolute atomic E-state index is 0.104. The molecule has 1 saturated heterocycles. The standard InChI is InChI=1S/C17H19N3OS/c1-14-2-3-16(22-14)4-5-17(21)20-12-10-19(11-13-20)15-6-8-18-9-7-15/h2-9H,10-13H2,1H3/p+1/b5-4+. The summed E-state index contributed by atoms with van der Waals surface area (Å²) in [5.74, 6) is 0.104. The molecular formula is C17H20N3OS+. The van der Waals surface area contributed by atoms with E-state index in [0.717, 1.165) is 31.1 Å². The smallest absolute Gasteiger partial charge is 0.246 e. The molecule has 1 amide bonds. The van der Waals surface area contributed by atoms with E-state index in [-0.39, 0.29) is 5.91 Å². The molecule has 2 aromatic heterocycles. The number of piperazine rings is 1. The van der Waals surface area contributed by atoms with E-state index in [1.807, 2.05) is 29.4 Å². The van der Waals surface area contributed by atoms with Gasteiger partial charge in [-0.2, -0.15) is 0 Å². The Kier molecular flexibility index (Phi) is 4.53. The molecule has 0 spiro atoms. The van der Waals surface area contributed by atoms with Crippen LogP contribution < -0.4 is 9.88 Å². The fourth-order valence-corrected chi connectivity index (χ4v) is 3.36. The number of carbonyl (C=O) groups excluding carboxylic acids is 1. The van der Waals surface area contributed by atoms with Crippen LogP contribution in [0.25, 0.3) is 6.08 Å². The number of aromatic amines is 1. The lowest BCUT2D eigenvalue weighted by molar-refractivity contribution is -0.377. The number of carbonyl (C=O) groups is 1. The number of pyridine rings is 1. The summed E-state index contributed by atoms with van der Waals surface area (Å²) >= 11 is 1.71. The van der Waals surface area contributed by atoms with Crippen LogP contribution in [0.2, 0.25) is 0 Å². The van der Waals surface area contributed by atoms with Crippen LogP contribution in [0.15, 0.2) is 42.7 Å². The van der Waals surface area contributed by atoms with Crippen LogP contribution in [-0.2, 0) is 4.79 Å². The molecule has 22 heavy (non-hydrogen) atoms. The molecule has 1 N–H and O–H groups in total. The average Bonchev–Trinajstić information content (AvgIpc) is 2.99. The predicted molar refractivity (Wildman–Crippen MR) is 89.9 cm³/mol. The van der Waals surface area contributed by atoms with Gasteiger partial charge in [0.15, 0.2) is 12.4 Å². The molecule has 114 valence electrons. The minimum Gasteiger partial charge on any atom is -0.368 e. The van der Waals surface area contributed by atoms with Crippen molar-refractivity contribution in [1.82, 2.24) is 4.90 Å². The van der Waals surface area contributed by atoms with Crippen molar-refractivity contribution in [3.8, 4) is 0 Å². The molecule has 4 nitrogen and oxygen atoms in total. The zero-order valence-corrected chi connectivity index (χ0v) is 13.5. The summed E-state index contributed by atoms with van der Waals surface area (Å²) in [7, 11) is 0. The van der Waals surface area contributed by atoms with Gasteiger partial charge in [-0.15, -0.1) is 11.3 Å². The van der Waals surface area contributed by atoms with Crippen LogP contribution >= 0.6 is 11.3 Å². The highest BCUT2D eigenvalue weighted by atomic mass is 32.1. The molecule has 0 atom stereocenters. The zero-order valence-electron chi connectivity index (χ0n) is 12.7. The van der Waals surface area contributed by atoms with E-state index >= 15 is 0 Å². The minimum atomic E-state index is 0.104. The molecule has 0 unspecified atom stereocenters. The Morgan fingerprint density at radius 2 is 1.86 bits per heavy atom. The van der Waals surface area contributed by atoms with Crippen molar-refractivity contribution in [2.24, 2.45) is 0 Å². The van der Waals surface area contributed by atoms with Crippen molar-refractivity contribution in [3.63, 3.8) is 0 Å². The highest BCUT2D eigenvalue weighted by Gasteiger charge is 2.19. The molecule has 2 aromatic rings. The molecular weight excluding hydrogens is 294 g/mol. The number of anilines is 1. The number of thiophene rings is 1. The molecule has 3 rings (SSSR count). The van der Waals surface area contributed by atoms with Gasteiger partial charge in [0.1, 0.15) is 0 Å². The van der Waals surface area contributed by atoms with Gasteiger partial charge in [-0.25, -0.2) is 4.98 Å². The molecule has 1 fully saturated rings. The highest BCUT2D eigenvalue weighted by Crippen LogP contribution is 2.17. The quantitative estimate of drug-likeness (QED) is 0.815. The van der Waals surface area contributed by atoms with Gasteiger partial charge >= 0.3 is 0 Å². The molecule has 0 saturated carbocycles. The maximum atomic E-state index is 12.2. The number of hydrogen-bond donors (Lipinski definition) is 0. The van der Waals surface area contributed by atoms with E-state index in [4.69, 9.17) is 0 Å². The Balaban J connectivity index is 1.55. The first-order valence-electron chi connectivity index (χ1n) is 7.47. The Bertz CT molecular complexity index is 658. The van der Waals surface area contributed by atoms with Gasteiger partial charge in [0.05, 0.1) is 0 Å². The number of amides is 1. The number of nitrogens with one attached hydrogen (secondary N) is 1. The Morgan fingerprint density at radius 3 is 2.50 bits per heavy atom. The van der Waals surface area contributed by atoms with Crippen LogP contribution in [0.3, 0.4) is 0 Å². The fourth-order valence-electron chi connectivity index (χ4n) is 2.58. The molecule has 3 heterocycles. The van der Waals surface area contributed by atoms with Crippen molar-refractivity contribution >= 4 is 29.0 Å². The molecule has 1 aliphatic rings. The summed E-state index contributed by atoms with van der Waals surface area (Å²) in [6, 6.07) is 8.26. The number of rotatable bonds is 3. The molecule has 0 aromatic carbocycles. The molecule has 0 bridgehead atoms. The van der Waals surface area contributed by atoms with Crippen LogP contribution in [0.4, 0.5) is 5.69 Å². The van der Waals surface area contributed by atoms with Gasteiger partial charge in [-0.3, -0.25) is 4.79 Å². The highest BCUT2D eigenvalue weighted by molar-refractivity contribution is 7.12. The summed E-state index contributed by atoms with van der Waals surface area (Å²) in [6.45, 7) is 5.37. The third kappa shape index (κ3) is 3.54. The van der Waals surface area contributed by atoms with E-state index in [9.17, 15) is 4.79 Å². The van der Waals surface area contributed by atoms with Crippen molar-refractivity contribution in [2.45, 2.75) is 6.92 Å². The first kappa shape index (κ1) is 14.8. The Hall–Kier alpha value is -2.14. The molecule has 1 aliphatic heterocycles. The van der Waals surface area contributed by atoms with Crippen LogP contribution in [0, 0.1) is 6.92 Å². The van der Waals surface area contributed by atoms with Crippen molar-refractivity contribution < 1.29 is 9.78 Å². The second-order valence-corrected chi connectivity index (χ2v) is 6.67. The SMILES string of the molecule is Cc1ccc(/C=C/C(=O)N2CCN(c3cc[nH+]cc3)CC2)s1. The largest absolute Gasteiger partial charge is 0.368 e. The molecule has 0 aliphatic carbocycles. The van der Waals surface area contributed by atoms with Gasteiger partial charge in [0.2, 0.25) is 5.91 Å². The lowest BCUT2D eigenvalue weighted by Crippen LogP contribution is -2.48. The van der Waals surface area contributed by atoms with Gasteiger partial charge in [-0.1, -0.05) is 0 Å². The van der Waals surface area contributed by atoms with E-state index < -0.39 is 0 Å². The van der Waals surface area contributed by atoms with Crippen LogP contribution in [0.1, 0.15) is 9.75 Å². The van der Waals surface area contributed by atoms with E-state index in [0.29, 0.717) is 0 Å². The van der Waals surface area contributed by atoms with Gasteiger partial charge < -0.3 is 9.80 Å². The van der Waals surface area contributed by atoms with E-state index in [2.05, 4.69) is 35.0 Å². The van der Waals surface area contributed by atoms with Crippen molar-refractivity contribution in [2.75, 3.05) is 31.1 Å². The summed E-state index contributed by atoms with van der Waals surface area (Å²) in [6.07, 6.45) is 7.47. The topological polar surface area (TPSA) is 37.7 Å². The number of aryl methyl sites for hydroxylation is 1. The zero-order chi connectivity index (χ0) is 15.4. The van der Waals surface area contributed by atoms with Gasteiger partial charge in [0, 0.05) is 59.8 Å². The van der Waals surface area contributed by atoms with E-state index in [1.54, 1.807) is 17.4 Å². The third-order valence-corrected chi connectivity index (χ3v) is 4.77. The number of nitrogens with zero attached hydrogens (tertiary/aromatic N) is 2. The number of aromatic nitrogens is 1. The number of H-pyrrole nitrogens is 1. The van der Waals surface area contributed by atoms with Crippen LogP contribution in [0.5, 0.6) is 0 Å². The van der Waals surface area contributed by atoms with E-state index in [1.165, 1.54) is 10.6 Å². The lowest BCUT2D eigenvalue weighted by Gasteiger charge is -2.35. The number of hydrogen-bond acceptors (Lipinski definition) is 3. The normalized spacial score (nSPS) is 15.5. The summed E-state index contributed by atoms with van der Waals surface area (Å²) in [5.41, 5.74) is 1.20. The van der Waals surface area contributed by atoms with Gasteiger partial charge in [0.25, 0.3) is 0 Å². The summed E-state index contributed by atoms with van der Waals surface area (Å²) in [4.78, 5) is 21.9. The maximum absolute atomic E-state index is 12.2. The van der Waals surface area contributed by atoms with Crippen molar-refractivity contribution in [3.05, 3.63) is 52.5 Å². The predicted octanol–water partition coefficient (Wildman–Crippen LogP) is 2.23. The Morgan fingerprint density at radius 1 is 1.14 bits per heavy atom. The third-order valence-electron chi connectivity index (χ3n) is 3.81.